The smallest absolute Gasteiger partial charge is 0.328 e. The zero-order valence-electron chi connectivity index (χ0n) is 8.11. The second-order valence-electron chi connectivity index (χ2n) is 3.49. The molecule has 1 nitrogen and oxygen atoms in total. The molecular weight excluding hydrogens is 210 g/mol. The van der Waals surface area contributed by atoms with Crippen molar-refractivity contribution in [3.63, 3.8) is 0 Å². The maximum Gasteiger partial charge on any atom is 0.419 e. The van der Waals surface area contributed by atoms with Crippen LogP contribution in [0.2, 0.25) is 0 Å². The molecule has 84 valence electrons. The van der Waals surface area contributed by atoms with Crippen molar-refractivity contribution < 1.29 is 17.6 Å². The van der Waals surface area contributed by atoms with E-state index in [1.54, 1.807) is 6.92 Å². The summed E-state index contributed by atoms with van der Waals surface area (Å²) < 4.78 is 49.6. The molecule has 0 aliphatic rings. The Morgan fingerprint density at radius 2 is 1.93 bits per heavy atom. The highest BCUT2D eigenvalue weighted by Gasteiger charge is 2.33. The largest absolute Gasteiger partial charge is 0.419 e. The zero-order chi connectivity index (χ0) is 11.6. The van der Waals surface area contributed by atoms with Crippen molar-refractivity contribution in [2.45, 2.75) is 25.6 Å². The molecule has 0 saturated heterocycles. The Labute approximate surface area is 84.9 Å². The molecular formula is C10H11F4N. The van der Waals surface area contributed by atoms with Crippen LogP contribution in [0.25, 0.3) is 0 Å². The average molecular weight is 221 g/mol. The molecule has 1 aromatic rings. The Balaban J connectivity index is 2.99. The van der Waals surface area contributed by atoms with Crippen LogP contribution in [0.5, 0.6) is 0 Å². The molecule has 0 bridgehead atoms. The van der Waals surface area contributed by atoms with E-state index in [0.29, 0.717) is 12.0 Å². The fraction of sp³-hybridized carbons (Fsp3) is 0.400. The maximum absolute atomic E-state index is 13.0. The van der Waals surface area contributed by atoms with Crippen molar-refractivity contribution in [2.75, 3.05) is 0 Å². The minimum Gasteiger partial charge on any atom is -0.328 e. The highest BCUT2D eigenvalue weighted by Crippen LogP contribution is 2.31. The molecule has 0 heterocycles. The predicted molar refractivity (Wildman–Crippen MR) is 48.8 cm³/mol. The molecule has 0 radical (unpaired) electrons. The fourth-order valence-corrected chi connectivity index (χ4v) is 1.29. The van der Waals surface area contributed by atoms with Gasteiger partial charge >= 0.3 is 6.18 Å². The molecule has 5 heteroatoms. The van der Waals surface area contributed by atoms with E-state index in [1.807, 2.05) is 0 Å². The van der Waals surface area contributed by atoms with Gasteiger partial charge in [-0.25, -0.2) is 4.39 Å². The van der Waals surface area contributed by atoms with Crippen LogP contribution < -0.4 is 5.73 Å². The van der Waals surface area contributed by atoms with Crippen LogP contribution in [-0.4, -0.2) is 6.04 Å². The Bertz CT molecular complexity index is 344. The highest BCUT2D eigenvalue weighted by molar-refractivity contribution is 5.27. The summed E-state index contributed by atoms with van der Waals surface area (Å²) in [5.74, 6) is -1.25. The van der Waals surface area contributed by atoms with Crippen molar-refractivity contribution >= 4 is 0 Å². The van der Waals surface area contributed by atoms with E-state index >= 15 is 0 Å². The van der Waals surface area contributed by atoms with Gasteiger partial charge in [0.05, 0.1) is 5.56 Å². The van der Waals surface area contributed by atoms with E-state index in [0.717, 1.165) is 12.1 Å². The van der Waals surface area contributed by atoms with Crippen molar-refractivity contribution in [2.24, 2.45) is 5.73 Å². The third kappa shape index (κ3) is 3.20. The number of halogens is 4. The first-order valence-corrected chi connectivity index (χ1v) is 4.42. The number of nitrogens with two attached hydrogens (primary N) is 1. The molecule has 15 heavy (non-hydrogen) atoms. The van der Waals surface area contributed by atoms with Gasteiger partial charge in [-0.15, -0.1) is 0 Å². The van der Waals surface area contributed by atoms with Crippen LogP contribution in [0.15, 0.2) is 18.2 Å². The number of hydrogen-bond acceptors (Lipinski definition) is 1. The molecule has 0 aromatic heterocycles. The fourth-order valence-electron chi connectivity index (χ4n) is 1.29. The molecule has 0 fully saturated rings. The van der Waals surface area contributed by atoms with E-state index in [-0.39, 0.29) is 6.04 Å². The summed E-state index contributed by atoms with van der Waals surface area (Å²) >= 11 is 0. The van der Waals surface area contributed by atoms with Gasteiger partial charge in [-0.05, 0) is 31.0 Å². The maximum atomic E-state index is 13.0. The first-order valence-electron chi connectivity index (χ1n) is 4.42. The normalized spacial score (nSPS) is 14.0. The van der Waals surface area contributed by atoms with Gasteiger partial charge in [-0.3, -0.25) is 0 Å². The van der Waals surface area contributed by atoms with E-state index in [1.165, 1.54) is 6.07 Å². The second-order valence-corrected chi connectivity index (χ2v) is 3.49. The quantitative estimate of drug-likeness (QED) is 0.763. The average Bonchev–Trinajstić information content (AvgIpc) is 1.99. The molecule has 2 N–H and O–H groups in total. The molecule has 1 unspecified atom stereocenters. The first-order chi connectivity index (χ1) is 6.80. The van der Waals surface area contributed by atoms with Gasteiger partial charge in [0.25, 0.3) is 0 Å². The Hall–Kier alpha value is -1.10. The minimum atomic E-state index is -4.64. The van der Waals surface area contributed by atoms with Crippen molar-refractivity contribution in [1.82, 2.24) is 0 Å². The van der Waals surface area contributed by atoms with Crippen molar-refractivity contribution in [1.29, 1.82) is 0 Å². The minimum absolute atomic E-state index is 0.207. The number of benzene rings is 1. The van der Waals surface area contributed by atoms with Gasteiger partial charge in [0.15, 0.2) is 0 Å². The molecule has 1 rings (SSSR count). The van der Waals surface area contributed by atoms with Crippen LogP contribution in [0.1, 0.15) is 18.1 Å². The van der Waals surface area contributed by atoms with E-state index in [2.05, 4.69) is 0 Å². The number of rotatable bonds is 2. The van der Waals surface area contributed by atoms with Crippen LogP contribution in [0.3, 0.4) is 0 Å². The van der Waals surface area contributed by atoms with Gasteiger partial charge in [0.2, 0.25) is 0 Å². The first kappa shape index (κ1) is 12.0. The zero-order valence-corrected chi connectivity index (χ0v) is 8.11. The molecule has 1 aromatic carbocycles. The van der Waals surface area contributed by atoms with Gasteiger partial charge in [-0.1, -0.05) is 6.07 Å². The van der Waals surface area contributed by atoms with Crippen LogP contribution >= 0.6 is 0 Å². The number of alkyl halides is 3. The summed E-state index contributed by atoms with van der Waals surface area (Å²) in [6.45, 7) is 1.70. The lowest BCUT2D eigenvalue weighted by Gasteiger charge is -2.10. The van der Waals surface area contributed by atoms with Crippen molar-refractivity contribution in [3.05, 3.63) is 35.1 Å². The van der Waals surface area contributed by atoms with E-state index in [9.17, 15) is 17.6 Å². The molecule has 0 aliphatic heterocycles. The molecule has 0 aliphatic carbocycles. The second kappa shape index (κ2) is 4.18. The summed E-state index contributed by atoms with van der Waals surface area (Å²) in [5.41, 5.74) is 4.68. The molecule has 1 atom stereocenters. The van der Waals surface area contributed by atoms with Gasteiger partial charge in [0, 0.05) is 6.04 Å². The predicted octanol–water partition coefficient (Wildman–Crippen LogP) is 2.73. The van der Waals surface area contributed by atoms with Gasteiger partial charge < -0.3 is 5.73 Å². The number of hydrogen-bond donors (Lipinski definition) is 1. The lowest BCUT2D eigenvalue weighted by molar-refractivity contribution is -0.140. The van der Waals surface area contributed by atoms with Crippen LogP contribution in [0.4, 0.5) is 17.6 Å². The lowest BCUT2D eigenvalue weighted by atomic mass is 10.0. The summed E-state index contributed by atoms with van der Waals surface area (Å²) in [6, 6.07) is 2.66. The van der Waals surface area contributed by atoms with Crippen molar-refractivity contribution in [3.8, 4) is 0 Å². The third-order valence-electron chi connectivity index (χ3n) is 1.90. The summed E-state index contributed by atoms with van der Waals surface area (Å²) in [7, 11) is 0. The molecule has 0 amide bonds. The van der Waals surface area contributed by atoms with Gasteiger partial charge in [0.1, 0.15) is 5.82 Å². The van der Waals surface area contributed by atoms with E-state index in [4.69, 9.17) is 5.73 Å². The highest BCUT2D eigenvalue weighted by atomic mass is 19.4. The Morgan fingerprint density at radius 3 is 2.33 bits per heavy atom. The molecule has 0 saturated carbocycles. The summed E-state index contributed by atoms with van der Waals surface area (Å²) in [4.78, 5) is 0. The summed E-state index contributed by atoms with van der Waals surface area (Å²) in [5, 5.41) is 0. The SMILES string of the molecule is CC(N)Cc1ccc(C(F)(F)F)c(F)c1. The van der Waals surface area contributed by atoms with E-state index < -0.39 is 17.6 Å². The van der Waals surface area contributed by atoms with Crippen LogP contribution in [0, 0.1) is 5.82 Å². The third-order valence-corrected chi connectivity index (χ3v) is 1.90. The Kier molecular flexibility index (Phi) is 3.34. The summed E-state index contributed by atoms with van der Waals surface area (Å²) in [6.07, 6.45) is -4.29. The monoisotopic (exact) mass is 221 g/mol. The van der Waals surface area contributed by atoms with Gasteiger partial charge in [-0.2, -0.15) is 13.2 Å². The van der Waals surface area contributed by atoms with Crippen LogP contribution in [-0.2, 0) is 12.6 Å². The standard InChI is InChI=1S/C10H11F4N/c1-6(15)4-7-2-3-8(9(11)5-7)10(12,13)14/h2-3,5-6H,4,15H2,1H3. The Morgan fingerprint density at radius 1 is 1.33 bits per heavy atom. The molecule has 0 spiro atoms. The topological polar surface area (TPSA) is 26.0 Å². The lowest BCUT2D eigenvalue weighted by Crippen LogP contribution is -2.18.